The van der Waals surface area contributed by atoms with E-state index in [0.717, 1.165) is 31.8 Å². The molecule has 1 aliphatic rings. The summed E-state index contributed by atoms with van der Waals surface area (Å²) in [6, 6.07) is 7.10. The number of ether oxygens (including phenoxy) is 1. The molecule has 6 heteroatoms. The monoisotopic (exact) mass is 298 g/mol. The average molecular weight is 298 g/mol. The van der Waals surface area contributed by atoms with Crippen LogP contribution < -0.4 is 10.6 Å². The van der Waals surface area contributed by atoms with Gasteiger partial charge in [0.1, 0.15) is 5.82 Å². The molecule has 0 aliphatic carbocycles. The lowest BCUT2D eigenvalue weighted by Gasteiger charge is -2.11. The topological polar surface area (TPSA) is 76.1 Å². The Labute approximate surface area is 128 Å². The summed E-state index contributed by atoms with van der Waals surface area (Å²) in [7, 11) is 0. The zero-order valence-corrected chi connectivity index (χ0v) is 12.2. The summed E-state index contributed by atoms with van der Waals surface area (Å²) in [5.41, 5.74) is 1.17. The highest BCUT2D eigenvalue weighted by Crippen LogP contribution is 2.14. The Bertz CT molecular complexity index is 610. The minimum atomic E-state index is -0.199. The maximum absolute atomic E-state index is 12.0. The Balaban J connectivity index is 1.53. The molecule has 6 nitrogen and oxygen atoms in total. The van der Waals surface area contributed by atoms with E-state index in [1.807, 2.05) is 12.1 Å². The molecule has 3 rings (SSSR count). The predicted octanol–water partition coefficient (Wildman–Crippen LogP) is 2.32. The third-order valence-electron chi connectivity index (χ3n) is 3.48. The van der Waals surface area contributed by atoms with E-state index in [1.165, 1.54) is 6.20 Å². The molecule has 2 N–H and O–H groups in total. The lowest BCUT2D eigenvalue weighted by atomic mass is 10.2. The molecule has 1 amide bonds. The first-order valence-electron chi connectivity index (χ1n) is 7.34. The number of nitrogens with zero attached hydrogens (tertiary/aromatic N) is 2. The van der Waals surface area contributed by atoms with Crippen LogP contribution in [0.4, 0.5) is 11.5 Å². The summed E-state index contributed by atoms with van der Waals surface area (Å²) in [4.78, 5) is 20.2. The van der Waals surface area contributed by atoms with Gasteiger partial charge in [-0.15, -0.1) is 0 Å². The van der Waals surface area contributed by atoms with Gasteiger partial charge in [-0.25, -0.2) is 4.98 Å². The van der Waals surface area contributed by atoms with Crippen LogP contribution in [0.25, 0.3) is 0 Å². The van der Waals surface area contributed by atoms with E-state index in [0.29, 0.717) is 11.3 Å². The number of nitrogens with one attached hydrogen (secondary N) is 2. The van der Waals surface area contributed by atoms with Crippen LogP contribution in [-0.4, -0.2) is 35.1 Å². The Morgan fingerprint density at radius 1 is 1.32 bits per heavy atom. The van der Waals surface area contributed by atoms with Crippen LogP contribution in [0.3, 0.4) is 0 Å². The molecule has 2 aromatic heterocycles. The molecular weight excluding hydrogens is 280 g/mol. The van der Waals surface area contributed by atoms with Gasteiger partial charge in [-0.1, -0.05) is 0 Å². The molecule has 1 atom stereocenters. The first-order valence-corrected chi connectivity index (χ1v) is 7.34. The van der Waals surface area contributed by atoms with Gasteiger partial charge in [-0.05, 0) is 37.1 Å². The van der Waals surface area contributed by atoms with Crippen molar-refractivity contribution in [3.05, 3.63) is 48.4 Å². The molecule has 114 valence electrons. The van der Waals surface area contributed by atoms with Gasteiger partial charge < -0.3 is 15.4 Å². The van der Waals surface area contributed by atoms with E-state index >= 15 is 0 Å². The average Bonchev–Trinajstić information content (AvgIpc) is 3.08. The number of hydrogen-bond acceptors (Lipinski definition) is 5. The zero-order valence-electron chi connectivity index (χ0n) is 12.2. The highest BCUT2D eigenvalue weighted by Gasteiger charge is 2.14. The summed E-state index contributed by atoms with van der Waals surface area (Å²) >= 11 is 0. The maximum Gasteiger partial charge on any atom is 0.257 e. The van der Waals surface area contributed by atoms with Gasteiger partial charge in [0.05, 0.1) is 23.6 Å². The van der Waals surface area contributed by atoms with E-state index < -0.39 is 0 Å². The molecule has 0 bridgehead atoms. The predicted molar refractivity (Wildman–Crippen MR) is 83.9 cm³/mol. The van der Waals surface area contributed by atoms with Crippen LogP contribution in [0, 0.1) is 0 Å². The van der Waals surface area contributed by atoms with Crippen molar-refractivity contribution >= 4 is 17.4 Å². The van der Waals surface area contributed by atoms with Crippen molar-refractivity contribution in [1.29, 1.82) is 0 Å². The Morgan fingerprint density at radius 2 is 2.27 bits per heavy atom. The summed E-state index contributed by atoms with van der Waals surface area (Å²) in [6.45, 7) is 1.60. The largest absolute Gasteiger partial charge is 0.376 e. The van der Waals surface area contributed by atoms with Gasteiger partial charge in [-0.3, -0.25) is 9.78 Å². The highest BCUT2D eigenvalue weighted by atomic mass is 16.5. The number of pyridine rings is 2. The minimum Gasteiger partial charge on any atom is -0.376 e. The van der Waals surface area contributed by atoms with Gasteiger partial charge in [0.2, 0.25) is 0 Å². The molecule has 0 radical (unpaired) electrons. The quantitative estimate of drug-likeness (QED) is 0.886. The van der Waals surface area contributed by atoms with E-state index in [4.69, 9.17) is 4.74 Å². The molecule has 22 heavy (non-hydrogen) atoms. The minimum absolute atomic E-state index is 0.199. The van der Waals surface area contributed by atoms with Crippen molar-refractivity contribution in [2.24, 2.45) is 0 Å². The highest BCUT2D eigenvalue weighted by molar-refractivity contribution is 6.03. The van der Waals surface area contributed by atoms with Crippen LogP contribution in [0.5, 0.6) is 0 Å². The van der Waals surface area contributed by atoms with Crippen molar-refractivity contribution in [3.63, 3.8) is 0 Å². The molecule has 3 heterocycles. The van der Waals surface area contributed by atoms with E-state index in [2.05, 4.69) is 20.6 Å². The van der Waals surface area contributed by atoms with Crippen LogP contribution in [-0.2, 0) is 4.74 Å². The molecule has 2 aromatic rings. The first kappa shape index (κ1) is 14.5. The van der Waals surface area contributed by atoms with Gasteiger partial charge in [0, 0.05) is 25.5 Å². The Hall–Kier alpha value is -2.47. The molecular formula is C16H18N4O2. The summed E-state index contributed by atoms with van der Waals surface area (Å²) < 4.78 is 5.55. The van der Waals surface area contributed by atoms with Crippen LogP contribution >= 0.6 is 0 Å². The van der Waals surface area contributed by atoms with Crippen LogP contribution in [0.15, 0.2) is 42.9 Å². The van der Waals surface area contributed by atoms with E-state index in [-0.39, 0.29) is 12.0 Å². The lowest BCUT2D eigenvalue weighted by Crippen LogP contribution is -2.19. The fraction of sp³-hybridized carbons (Fsp3) is 0.312. The van der Waals surface area contributed by atoms with Crippen LogP contribution in [0.2, 0.25) is 0 Å². The summed E-state index contributed by atoms with van der Waals surface area (Å²) in [5.74, 6) is 0.574. The van der Waals surface area contributed by atoms with Crippen LogP contribution in [0.1, 0.15) is 23.2 Å². The van der Waals surface area contributed by atoms with E-state index in [1.54, 1.807) is 24.5 Å². The molecule has 0 saturated carbocycles. The standard InChI is InChI=1S/C16H18N4O2/c21-16(12-3-1-7-17-9-12)20-13-5-6-15(18-10-13)19-11-14-4-2-8-22-14/h1,3,5-7,9-10,14H,2,4,8,11H2,(H,18,19)(H,20,21). The van der Waals surface area contributed by atoms with Crippen molar-refractivity contribution in [2.45, 2.75) is 18.9 Å². The number of amides is 1. The van der Waals surface area contributed by atoms with Gasteiger partial charge in [0.25, 0.3) is 5.91 Å². The Morgan fingerprint density at radius 3 is 2.95 bits per heavy atom. The Kier molecular flexibility index (Phi) is 4.60. The lowest BCUT2D eigenvalue weighted by molar-refractivity contribution is 0.102. The SMILES string of the molecule is O=C(Nc1ccc(NCC2CCCO2)nc1)c1cccnc1. The normalized spacial score (nSPS) is 17.2. The smallest absolute Gasteiger partial charge is 0.257 e. The van der Waals surface area contributed by atoms with Gasteiger partial charge in [0.15, 0.2) is 0 Å². The number of rotatable bonds is 5. The molecule has 0 aromatic carbocycles. The molecule has 1 aliphatic heterocycles. The second-order valence-electron chi connectivity index (χ2n) is 5.14. The zero-order chi connectivity index (χ0) is 15.2. The number of hydrogen-bond donors (Lipinski definition) is 2. The van der Waals surface area contributed by atoms with Crippen molar-refractivity contribution in [3.8, 4) is 0 Å². The fourth-order valence-corrected chi connectivity index (χ4v) is 2.30. The molecule has 1 saturated heterocycles. The van der Waals surface area contributed by atoms with Gasteiger partial charge >= 0.3 is 0 Å². The number of carbonyl (C=O) groups excluding carboxylic acids is 1. The first-order chi connectivity index (χ1) is 10.8. The summed E-state index contributed by atoms with van der Waals surface area (Å²) in [5, 5.41) is 6.03. The molecule has 0 spiro atoms. The summed E-state index contributed by atoms with van der Waals surface area (Å²) in [6.07, 6.45) is 7.27. The van der Waals surface area contributed by atoms with Crippen molar-refractivity contribution < 1.29 is 9.53 Å². The number of aromatic nitrogens is 2. The fourth-order valence-electron chi connectivity index (χ4n) is 2.30. The third-order valence-corrected chi connectivity index (χ3v) is 3.48. The second kappa shape index (κ2) is 7.00. The number of anilines is 2. The van der Waals surface area contributed by atoms with Crippen molar-refractivity contribution in [1.82, 2.24) is 9.97 Å². The van der Waals surface area contributed by atoms with Crippen molar-refractivity contribution in [2.75, 3.05) is 23.8 Å². The van der Waals surface area contributed by atoms with Gasteiger partial charge in [-0.2, -0.15) is 0 Å². The maximum atomic E-state index is 12.0. The molecule has 1 unspecified atom stereocenters. The third kappa shape index (κ3) is 3.79. The molecule has 1 fully saturated rings. The number of carbonyl (C=O) groups is 1. The van der Waals surface area contributed by atoms with E-state index in [9.17, 15) is 4.79 Å². The second-order valence-corrected chi connectivity index (χ2v) is 5.14.